The molecule has 2 aliphatic carbocycles. The summed E-state index contributed by atoms with van der Waals surface area (Å²) in [6, 6.07) is 0. The first-order valence-corrected chi connectivity index (χ1v) is 6.21. The largest absolute Gasteiger partial charge is 0.348 e. The molecular weight excluding hydrogens is 188 g/mol. The van der Waals surface area contributed by atoms with Crippen molar-refractivity contribution < 1.29 is 9.47 Å². The predicted octanol–water partition coefficient (Wildman–Crippen LogP) is 2.74. The normalized spacial score (nSPS) is 41.5. The summed E-state index contributed by atoms with van der Waals surface area (Å²) in [7, 11) is 0. The third kappa shape index (κ3) is 1.85. The van der Waals surface area contributed by atoms with Crippen molar-refractivity contribution in [2.75, 3.05) is 13.2 Å². The Kier molecular flexibility index (Phi) is 2.37. The van der Waals surface area contributed by atoms with Gasteiger partial charge >= 0.3 is 0 Å². The second-order valence-corrected chi connectivity index (χ2v) is 5.41. The summed E-state index contributed by atoms with van der Waals surface area (Å²) >= 11 is 0. The SMILES string of the molecule is CC1(CCC2CC3C=CC2C3)OCCO1. The minimum absolute atomic E-state index is 0.272. The molecular formula is C13H20O2. The highest BCUT2D eigenvalue weighted by atomic mass is 16.7. The third-order valence-corrected chi connectivity index (χ3v) is 4.28. The standard InChI is InChI=1S/C13H20O2/c1-13(14-6-7-15-13)5-4-12-9-10-2-3-11(12)8-10/h2-3,10-12H,4-9H2,1H3. The number of hydrogen-bond donors (Lipinski definition) is 0. The van der Waals surface area contributed by atoms with Gasteiger partial charge in [-0.15, -0.1) is 0 Å². The van der Waals surface area contributed by atoms with E-state index in [4.69, 9.17) is 9.47 Å². The Morgan fingerprint density at radius 2 is 2.00 bits per heavy atom. The summed E-state index contributed by atoms with van der Waals surface area (Å²) in [4.78, 5) is 0. The molecule has 0 amide bonds. The average molecular weight is 208 g/mol. The van der Waals surface area contributed by atoms with Gasteiger partial charge in [-0.2, -0.15) is 0 Å². The van der Waals surface area contributed by atoms with Crippen LogP contribution in [0.15, 0.2) is 12.2 Å². The molecule has 0 spiro atoms. The number of hydrogen-bond acceptors (Lipinski definition) is 2. The maximum absolute atomic E-state index is 5.64. The first-order valence-electron chi connectivity index (χ1n) is 6.21. The van der Waals surface area contributed by atoms with E-state index in [0.717, 1.165) is 37.4 Å². The number of ether oxygens (including phenoxy) is 2. The lowest BCUT2D eigenvalue weighted by atomic mass is 9.88. The maximum Gasteiger partial charge on any atom is 0.165 e. The van der Waals surface area contributed by atoms with Crippen molar-refractivity contribution in [3.8, 4) is 0 Å². The average Bonchev–Trinajstić information content (AvgIpc) is 2.90. The lowest BCUT2D eigenvalue weighted by Gasteiger charge is -2.26. The highest BCUT2D eigenvalue weighted by Gasteiger charge is 2.38. The molecule has 1 saturated carbocycles. The molecule has 1 aliphatic heterocycles. The minimum Gasteiger partial charge on any atom is -0.348 e. The van der Waals surface area contributed by atoms with Gasteiger partial charge in [-0.1, -0.05) is 12.2 Å². The molecule has 1 heterocycles. The van der Waals surface area contributed by atoms with Gasteiger partial charge in [-0.25, -0.2) is 0 Å². The molecule has 2 heteroatoms. The molecule has 2 nitrogen and oxygen atoms in total. The molecule has 2 bridgehead atoms. The summed E-state index contributed by atoms with van der Waals surface area (Å²) in [5.41, 5.74) is 0. The van der Waals surface area contributed by atoms with Gasteiger partial charge in [-0.05, 0) is 43.9 Å². The van der Waals surface area contributed by atoms with Crippen molar-refractivity contribution in [2.45, 2.75) is 38.4 Å². The van der Waals surface area contributed by atoms with E-state index in [9.17, 15) is 0 Å². The Hall–Kier alpha value is -0.340. The first kappa shape index (κ1) is 9.86. The first-order chi connectivity index (χ1) is 7.25. The second-order valence-electron chi connectivity index (χ2n) is 5.41. The highest BCUT2D eigenvalue weighted by molar-refractivity contribution is 5.10. The number of rotatable bonds is 3. The van der Waals surface area contributed by atoms with Crippen LogP contribution in [0.2, 0.25) is 0 Å². The van der Waals surface area contributed by atoms with Crippen LogP contribution in [0, 0.1) is 17.8 Å². The molecule has 0 aromatic heterocycles. The van der Waals surface area contributed by atoms with Gasteiger partial charge in [0.2, 0.25) is 0 Å². The second kappa shape index (κ2) is 3.60. The van der Waals surface area contributed by atoms with Gasteiger partial charge in [0.25, 0.3) is 0 Å². The van der Waals surface area contributed by atoms with E-state index in [-0.39, 0.29) is 5.79 Å². The van der Waals surface area contributed by atoms with Gasteiger partial charge in [0.1, 0.15) is 0 Å². The van der Waals surface area contributed by atoms with E-state index in [1.54, 1.807) is 0 Å². The zero-order chi connectivity index (χ0) is 10.3. The maximum atomic E-state index is 5.64. The molecule has 0 aromatic rings. The topological polar surface area (TPSA) is 18.5 Å². The number of allylic oxidation sites excluding steroid dienone is 2. The zero-order valence-electron chi connectivity index (χ0n) is 9.45. The molecule has 0 aromatic carbocycles. The Balaban J connectivity index is 1.52. The summed E-state index contributed by atoms with van der Waals surface area (Å²) in [6.45, 7) is 3.63. The Morgan fingerprint density at radius 1 is 1.20 bits per heavy atom. The van der Waals surface area contributed by atoms with E-state index >= 15 is 0 Å². The molecule has 0 N–H and O–H groups in total. The molecule has 3 unspecified atom stereocenters. The smallest absolute Gasteiger partial charge is 0.165 e. The molecule has 2 fully saturated rings. The van der Waals surface area contributed by atoms with Crippen LogP contribution in [-0.4, -0.2) is 19.0 Å². The third-order valence-electron chi connectivity index (χ3n) is 4.28. The van der Waals surface area contributed by atoms with Crippen LogP contribution in [0.1, 0.15) is 32.6 Å². The summed E-state index contributed by atoms with van der Waals surface area (Å²) in [6.07, 6.45) is 9.97. The van der Waals surface area contributed by atoms with E-state index in [1.165, 1.54) is 19.3 Å². The quantitative estimate of drug-likeness (QED) is 0.664. The summed E-state index contributed by atoms with van der Waals surface area (Å²) < 4.78 is 11.3. The predicted molar refractivity (Wildman–Crippen MR) is 58.4 cm³/mol. The van der Waals surface area contributed by atoms with Crippen LogP contribution in [0.5, 0.6) is 0 Å². The minimum atomic E-state index is -0.272. The van der Waals surface area contributed by atoms with Gasteiger partial charge < -0.3 is 9.47 Å². The van der Waals surface area contributed by atoms with Crippen LogP contribution in [0.3, 0.4) is 0 Å². The van der Waals surface area contributed by atoms with Crippen LogP contribution in [-0.2, 0) is 9.47 Å². The van der Waals surface area contributed by atoms with E-state index in [1.807, 2.05) is 0 Å². The summed E-state index contributed by atoms with van der Waals surface area (Å²) in [5, 5.41) is 0. The van der Waals surface area contributed by atoms with Crippen molar-refractivity contribution >= 4 is 0 Å². The molecule has 3 aliphatic rings. The Bertz CT molecular complexity index is 266. The van der Waals surface area contributed by atoms with E-state index in [2.05, 4.69) is 19.1 Å². The van der Waals surface area contributed by atoms with Gasteiger partial charge in [0, 0.05) is 6.42 Å². The number of fused-ring (bicyclic) bond motifs is 2. The lowest BCUT2D eigenvalue weighted by Crippen LogP contribution is -2.26. The molecule has 1 saturated heterocycles. The molecule has 0 radical (unpaired) electrons. The molecule has 3 rings (SSSR count). The van der Waals surface area contributed by atoms with Crippen molar-refractivity contribution in [3.05, 3.63) is 12.2 Å². The highest BCUT2D eigenvalue weighted by Crippen LogP contribution is 2.46. The fourth-order valence-corrected chi connectivity index (χ4v) is 3.38. The van der Waals surface area contributed by atoms with Gasteiger partial charge in [-0.3, -0.25) is 0 Å². The van der Waals surface area contributed by atoms with Crippen molar-refractivity contribution in [1.82, 2.24) is 0 Å². The van der Waals surface area contributed by atoms with Crippen LogP contribution < -0.4 is 0 Å². The van der Waals surface area contributed by atoms with Crippen molar-refractivity contribution in [1.29, 1.82) is 0 Å². The van der Waals surface area contributed by atoms with Crippen LogP contribution in [0.4, 0.5) is 0 Å². The van der Waals surface area contributed by atoms with Gasteiger partial charge in [0.15, 0.2) is 5.79 Å². The Labute approximate surface area is 91.6 Å². The molecule has 3 atom stereocenters. The van der Waals surface area contributed by atoms with E-state index < -0.39 is 0 Å². The Morgan fingerprint density at radius 3 is 2.60 bits per heavy atom. The molecule has 84 valence electrons. The van der Waals surface area contributed by atoms with Gasteiger partial charge in [0.05, 0.1) is 13.2 Å². The van der Waals surface area contributed by atoms with Crippen LogP contribution in [0.25, 0.3) is 0 Å². The van der Waals surface area contributed by atoms with Crippen molar-refractivity contribution in [3.63, 3.8) is 0 Å². The zero-order valence-corrected chi connectivity index (χ0v) is 9.45. The van der Waals surface area contributed by atoms with E-state index in [0.29, 0.717) is 0 Å². The lowest BCUT2D eigenvalue weighted by molar-refractivity contribution is -0.149. The molecule has 15 heavy (non-hydrogen) atoms. The van der Waals surface area contributed by atoms with Crippen molar-refractivity contribution in [2.24, 2.45) is 17.8 Å². The van der Waals surface area contributed by atoms with Crippen LogP contribution >= 0.6 is 0 Å². The fraction of sp³-hybridized carbons (Fsp3) is 0.846. The fourth-order valence-electron chi connectivity index (χ4n) is 3.38. The summed E-state index contributed by atoms with van der Waals surface area (Å²) in [5.74, 6) is 2.37. The monoisotopic (exact) mass is 208 g/mol.